The molecule has 0 aromatic carbocycles. The van der Waals surface area contributed by atoms with E-state index in [-0.39, 0.29) is 32.7 Å². The summed E-state index contributed by atoms with van der Waals surface area (Å²) in [5, 5.41) is 5.32. The molecule has 0 aliphatic heterocycles. The Balaban J connectivity index is 4.33. The number of carbonyl (C=O) groups is 3. The van der Waals surface area contributed by atoms with E-state index in [2.05, 4.69) is 10.6 Å². The Morgan fingerprint density at radius 2 is 1.65 bits per heavy atom. The summed E-state index contributed by atoms with van der Waals surface area (Å²) in [7, 11) is 0. The van der Waals surface area contributed by atoms with Gasteiger partial charge in [-0.2, -0.15) is 0 Å². The zero-order valence-corrected chi connectivity index (χ0v) is 14.6. The third-order valence-electron chi connectivity index (χ3n) is 2.47. The van der Waals surface area contributed by atoms with Crippen LogP contribution in [0.1, 0.15) is 41.0 Å². The lowest BCUT2D eigenvalue weighted by molar-refractivity contribution is -0.146. The molecule has 8 nitrogen and oxygen atoms in total. The lowest BCUT2D eigenvalue weighted by Crippen LogP contribution is -2.44. The van der Waals surface area contributed by atoms with Crippen LogP contribution in [0.3, 0.4) is 0 Å². The average molecular weight is 332 g/mol. The first kappa shape index (κ1) is 21.2. The molecule has 0 spiro atoms. The molecule has 0 aromatic heterocycles. The van der Waals surface area contributed by atoms with Crippen LogP contribution in [0.5, 0.6) is 0 Å². The van der Waals surface area contributed by atoms with Gasteiger partial charge in [-0.3, -0.25) is 14.9 Å². The van der Waals surface area contributed by atoms with Gasteiger partial charge in [0.15, 0.2) is 0 Å². The van der Waals surface area contributed by atoms with Crippen molar-refractivity contribution in [1.29, 1.82) is 0 Å². The fourth-order valence-corrected chi connectivity index (χ4v) is 1.60. The first-order valence-corrected chi connectivity index (χ1v) is 7.72. The second kappa shape index (κ2) is 10.8. The first-order chi connectivity index (χ1) is 10.7. The predicted octanol–water partition coefficient (Wildman–Crippen LogP) is 0.986. The van der Waals surface area contributed by atoms with Gasteiger partial charge in [-0.05, 0) is 41.0 Å². The van der Waals surface area contributed by atoms with E-state index < -0.39 is 29.7 Å². The SMILES string of the molecule is CCOC(=O)CNC(CCNC(=O)OC(C)(C)C)C(=O)OCC. The highest BCUT2D eigenvalue weighted by Gasteiger charge is 2.21. The van der Waals surface area contributed by atoms with Crippen LogP contribution < -0.4 is 10.6 Å². The van der Waals surface area contributed by atoms with Gasteiger partial charge in [0.05, 0.1) is 19.8 Å². The van der Waals surface area contributed by atoms with E-state index in [1.807, 2.05) is 0 Å². The van der Waals surface area contributed by atoms with Crippen molar-refractivity contribution in [3.8, 4) is 0 Å². The lowest BCUT2D eigenvalue weighted by atomic mass is 10.2. The number of nitrogens with one attached hydrogen (secondary N) is 2. The van der Waals surface area contributed by atoms with Crippen LogP contribution in [0, 0.1) is 0 Å². The topological polar surface area (TPSA) is 103 Å². The van der Waals surface area contributed by atoms with E-state index in [0.717, 1.165) is 0 Å². The quantitative estimate of drug-likeness (QED) is 0.479. The van der Waals surface area contributed by atoms with Crippen molar-refractivity contribution in [3.63, 3.8) is 0 Å². The Labute approximate surface area is 137 Å². The minimum atomic E-state index is -0.714. The van der Waals surface area contributed by atoms with Gasteiger partial charge in [-0.15, -0.1) is 0 Å². The molecular formula is C15H28N2O6. The second-order valence-corrected chi connectivity index (χ2v) is 5.71. The summed E-state index contributed by atoms with van der Waals surface area (Å²) in [6.07, 6.45) is -0.303. The monoisotopic (exact) mass is 332 g/mol. The second-order valence-electron chi connectivity index (χ2n) is 5.71. The van der Waals surface area contributed by atoms with Crippen molar-refractivity contribution >= 4 is 18.0 Å². The van der Waals surface area contributed by atoms with Gasteiger partial charge in [0.1, 0.15) is 11.6 Å². The predicted molar refractivity (Wildman–Crippen MR) is 83.9 cm³/mol. The smallest absolute Gasteiger partial charge is 0.407 e. The van der Waals surface area contributed by atoms with Crippen LogP contribution in [0.2, 0.25) is 0 Å². The van der Waals surface area contributed by atoms with Gasteiger partial charge in [0, 0.05) is 6.54 Å². The van der Waals surface area contributed by atoms with Crippen LogP contribution in [0.15, 0.2) is 0 Å². The highest BCUT2D eigenvalue weighted by Crippen LogP contribution is 2.06. The molecule has 2 N–H and O–H groups in total. The number of amides is 1. The maximum Gasteiger partial charge on any atom is 0.407 e. The molecule has 0 aliphatic carbocycles. The molecule has 1 atom stereocenters. The van der Waals surface area contributed by atoms with Crippen molar-refractivity contribution in [2.45, 2.75) is 52.7 Å². The van der Waals surface area contributed by atoms with E-state index in [0.29, 0.717) is 0 Å². The Hall–Kier alpha value is -1.83. The maximum absolute atomic E-state index is 11.8. The third kappa shape index (κ3) is 11.4. The number of hydrogen-bond donors (Lipinski definition) is 2. The molecule has 0 saturated heterocycles. The molecule has 0 bridgehead atoms. The van der Waals surface area contributed by atoms with Gasteiger partial charge in [0.2, 0.25) is 0 Å². The van der Waals surface area contributed by atoms with Gasteiger partial charge >= 0.3 is 18.0 Å². The lowest BCUT2D eigenvalue weighted by Gasteiger charge is -2.21. The molecule has 0 heterocycles. The summed E-state index contributed by atoms with van der Waals surface area (Å²) in [5.41, 5.74) is -0.590. The highest BCUT2D eigenvalue weighted by atomic mass is 16.6. The molecule has 134 valence electrons. The van der Waals surface area contributed by atoms with Crippen LogP contribution in [-0.2, 0) is 23.8 Å². The number of alkyl carbamates (subject to hydrolysis) is 1. The molecule has 0 fully saturated rings. The number of hydrogen-bond acceptors (Lipinski definition) is 7. The molecule has 8 heteroatoms. The molecule has 0 radical (unpaired) electrons. The van der Waals surface area contributed by atoms with Gasteiger partial charge in [0.25, 0.3) is 0 Å². The summed E-state index contributed by atoms with van der Waals surface area (Å²) in [4.78, 5) is 34.7. The molecule has 0 aromatic rings. The molecule has 1 amide bonds. The fourth-order valence-electron chi connectivity index (χ4n) is 1.60. The summed E-state index contributed by atoms with van der Waals surface area (Å²) < 4.78 is 14.8. The molecule has 0 aliphatic rings. The van der Waals surface area contributed by atoms with Crippen molar-refractivity contribution in [2.24, 2.45) is 0 Å². The summed E-state index contributed by atoms with van der Waals surface area (Å²) in [5.74, 6) is -0.940. The zero-order chi connectivity index (χ0) is 17.9. The van der Waals surface area contributed by atoms with E-state index >= 15 is 0 Å². The van der Waals surface area contributed by atoms with Crippen LogP contribution in [-0.4, -0.2) is 56.0 Å². The summed E-state index contributed by atoms with van der Waals surface area (Å²) in [6, 6.07) is -0.714. The fraction of sp³-hybridized carbons (Fsp3) is 0.800. The molecular weight excluding hydrogens is 304 g/mol. The largest absolute Gasteiger partial charge is 0.465 e. The van der Waals surface area contributed by atoms with Crippen molar-refractivity contribution < 1.29 is 28.6 Å². The maximum atomic E-state index is 11.8. The third-order valence-corrected chi connectivity index (χ3v) is 2.47. The number of rotatable bonds is 9. The van der Waals surface area contributed by atoms with Crippen molar-refractivity contribution in [1.82, 2.24) is 10.6 Å². The Bertz CT molecular complexity index is 392. The Kier molecular flexibility index (Phi) is 9.96. The van der Waals surface area contributed by atoms with E-state index in [9.17, 15) is 14.4 Å². The normalized spacial score (nSPS) is 12.2. The van der Waals surface area contributed by atoms with Gasteiger partial charge in [-0.1, -0.05) is 0 Å². The van der Waals surface area contributed by atoms with Crippen LogP contribution >= 0.6 is 0 Å². The molecule has 0 saturated carbocycles. The van der Waals surface area contributed by atoms with Gasteiger partial charge in [-0.25, -0.2) is 4.79 Å². The van der Waals surface area contributed by atoms with Gasteiger partial charge < -0.3 is 19.5 Å². The first-order valence-electron chi connectivity index (χ1n) is 7.72. The van der Waals surface area contributed by atoms with E-state index in [1.54, 1.807) is 34.6 Å². The number of esters is 2. The van der Waals surface area contributed by atoms with E-state index in [1.165, 1.54) is 0 Å². The Morgan fingerprint density at radius 3 is 2.17 bits per heavy atom. The highest BCUT2D eigenvalue weighted by molar-refractivity contribution is 5.78. The van der Waals surface area contributed by atoms with E-state index in [4.69, 9.17) is 14.2 Å². The zero-order valence-electron chi connectivity index (χ0n) is 14.6. The minimum absolute atomic E-state index is 0.107. The number of ether oxygens (including phenoxy) is 3. The van der Waals surface area contributed by atoms with Crippen LogP contribution in [0.4, 0.5) is 4.79 Å². The van der Waals surface area contributed by atoms with Crippen molar-refractivity contribution in [3.05, 3.63) is 0 Å². The standard InChI is InChI=1S/C15H28N2O6/c1-6-21-12(18)10-17-11(13(19)22-7-2)8-9-16-14(20)23-15(3,4)5/h11,17H,6-10H2,1-5H3,(H,16,20). The Morgan fingerprint density at radius 1 is 1.04 bits per heavy atom. The molecule has 1 unspecified atom stereocenters. The molecule has 23 heavy (non-hydrogen) atoms. The minimum Gasteiger partial charge on any atom is -0.465 e. The van der Waals surface area contributed by atoms with Crippen molar-refractivity contribution in [2.75, 3.05) is 26.3 Å². The number of carbonyl (C=O) groups excluding carboxylic acids is 3. The average Bonchev–Trinajstić information content (AvgIpc) is 2.41. The summed E-state index contributed by atoms with van der Waals surface area (Å²) in [6.45, 7) is 9.27. The molecule has 0 rings (SSSR count). The summed E-state index contributed by atoms with van der Waals surface area (Å²) >= 11 is 0. The van der Waals surface area contributed by atoms with Crippen LogP contribution in [0.25, 0.3) is 0 Å².